The molecule has 4 heteroatoms. The van der Waals surface area contributed by atoms with Crippen molar-refractivity contribution in [3.05, 3.63) is 23.8 Å². The van der Waals surface area contributed by atoms with Gasteiger partial charge in [-0.05, 0) is 23.6 Å². The molecular weight excluding hydrogens is 218 g/mol. The second-order valence-corrected chi connectivity index (χ2v) is 4.18. The first kappa shape index (κ1) is 13.4. The molecule has 94 valence electrons. The number of anilines is 1. The highest BCUT2D eigenvalue weighted by Crippen LogP contribution is 2.28. The van der Waals surface area contributed by atoms with Gasteiger partial charge >= 0.3 is 5.97 Å². The third-order valence-electron chi connectivity index (χ3n) is 2.54. The molecule has 0 amide bonds. The SMILES string of the molecule is COc1ccc(C(C)C)cc1NCCC(=O)O. The largest absolute Gasteiger partial charge is 0.495 e. The number of carboxylic acids is 1. The van der Waals surface area contributed by atoms with E-state index in [1.54, 1.807) is 7.11 Å². The molecule has 0 heterocycles. The quantitative estimate of drug-likeness (QED) is 0.798. The molecule has 1 aromatic carbocycles. The highest BCUT2D eigenvalue weighted by Gasteiger charge is 2.07. The molecule has 0 aliphatic carbocycles. The number of hydrogen-bond acceptors (Lipinski definition) is 3. The molecule has 1 rings (SSSR count). The van der Waals surface area contributed by atoms with Gasteiger partial charge in [0.2, 0.25) is 0 Å². The van der Waals surface area contributed by atoms with Crippen LogP contribution in [0.5, 0.6) is 5.75 Å². The summed E-state index contributed by atoms with van der Waals surface area (Å²) in [5, 5.41) is 11.7. The third kappa shape index (κ3) is 3.98. The number of carboxylic acid groups (broad SMARTS) is 1. The lowest BCUT2D eigenvalue weighted by atomic mass is 10.0. The van der Waals surface area contributed by atoms with Gasteiger partial charge in [0.25, 0.3) is 0 Å². The van der Waals surface area contributed by atoms with E-state index < -0.39 is 5.97 Å². The maximum absolute atomic E-state index is 10.4. The number of carbonyl (C=O) groups is 1. The zero-order valence-corrected chi connectivity index (χ0v) is 10.5. The molecule has 0 aliphatic heterocycles. The molecule has 2 N–H and O–H groups in total. The summed E-state index contributed by atoms with van der Waals surface area (Å²) in [5.41, 5.74) is 2.04. The Labute approximate surface area is 102 Å². The van der Waals surface area contributed by atoms with Crippen LogP contribution in [0, 0.1) is 0 Å². The van der Waals surface area contributed by atoms with Gasteiger partial charge in [-0.1, -0.05) is 19.9 Å². The Kier molecular flexibility index (Phi) is 4.82. The number of hydrogen-bond donors (Lipinski definition) is 2. The third-order valence-corrected chi connectivity index (χ3v) is 2.54. The molecule has 0 radical (unpaired) electrons. The zero-order valence-electron chi connectivity index (χ0n) is 10.5. The van der Waals surface area contributed by atoms with Crippen LogP contribution in [0.4, 0.5) is 5.69 Å². The van der Waals surface area contributed by atoms with E-state index in [1.807, 2.05) is 18.2 Å². The van der Waals surface area contributed by atoms with Gasteiger partial charge in [-0.2, -0.15) is 0 Å². The summed E-state index contributed by atoms with van der Waals surface area (Å²) in [7, 11) is 1.60. The van der Waals surface area contributed by atoms with Gasteiger partial charge < -0.3 is 15.2 Å². The Morgan fingerprint density at radius 1 is 1.47 bits per heavy atom. The van der Waals surface area contributed by atoms with E-state index in [0.717, 1.165) is 11.4 Å². The van der Waals surface area contributed by atoms with Crippen molar-refractivity contribution in [1.82, 2.24) is 0 Å². The first-order chi connectivity index (χ1) is 8.04. The predicted octanol–water partition coefficient (Wildman–Crippen LogP) is 2.71. The van der Waals surface area contributed by atoms with E-state index in [0.29, 0.717) is 12.5 Å². The standard InChI is InChI=1S/C13H19NO3/c1-9(2)10-4-5-12(17-3)11(8-10)14-7-6-13(15)16/h4-5,8-9,14H,6-7H2,1-3H3,(H,15,16). The van der Waals surface area contributed by atoms with E-state index in [1.165, 1.54) is 5.56 Å². The van der Waals surface area contributed by atoms with E-state index in [-0.39, 0.29) is 6.42 Å². The number of aliphatic carboxylic acids is 1. The van der Waals surface area contributed by atoms with E-state index in [2.05, 4.69) is 19.2 Å². The highest BCUT2D eigenvalue weighted by atomic mass is 16.5. The average molecular weight is 237 g/mol. The van der Waals surface area contributed by atoms with Crippen molar-refractivity contribution in [2.24, 2.45) is 0 Å². The average Bonchev–Trinajstić information content (AvgIpc) is 2.28. The van der Waals surface area contributed by atoms with Gasteiger partial charge in [0, 0.05) is 6.54 Å². The van der Waals surface area contributed by atoms with E-state index in [9.17, 15) is 4.79 Å². The van der Waals surface area contributed by atoms with E-state index >= 15 is 0 Å². The summed E-state index contributed by atoms with van der Waals surface area (Å²) >= 11 is 0. The van der Waals surface area contributed by atoms with Gasteiger partial charge in [0.1, 0.15) is 5.75 Å². The summed E-state index contributed by atoms with van der Waals surface area (Å²) < 4.78 is 5.23. The molecule has 0 aromatic heterocycles. The molecule has 1 aromatic rings. The summed E-state index contributed by atoms with van der Waals surface area (Å²) in [5.74, 6) is 0.359. The van der Waals surface area contributed by atoms with Crippen LogP contribution in [0.3, 0.4) is 0 Å². The van der Waals surface area contributed by atoms with Crippen molar-refractivity contribution in [2.45, 2.75) is 26.2 Å². The van der Waals surface area contributed by atoms with Crippen LogP contribution in [-0.2, 0) is 4.79 Å². The van der Waals surface area contributed by atoms with Crippen molar-refractivity contribution in [2.75, 3.05) is 19.0 Å². The number of rotatable bonds is 6. The lowest BCUT2D eigenvalue weighted by molar-refractivity contribution is -0.136. The van der Waals surface area contributed by atoms with Gasteiger partial charge in [-0.15, -0.1) is 0 Å². The first-order valence-corrected chi connectivity index (χ1v) is 5.68. The Hall–Kier alpha value is -1.71. The maximum Gasteiger partial charge on any atom is 0.305 e. The Balaban J connectivity index is 2.79. The second kappa shape index (κ2) is 6.13. The van der Waals surface area contributed by atoms with Crippen LogP contribution < -0.4 is 10.1 Å². The van der Waals surface area contributed by atoms with Crippen LogP contribution in [0.25, 0.3) is 0 Å². The van der Waals surface area contributed by atoms with Crippen molar-refractivity contribution in [1.29, 1.82) is 0 Å². The fourth-order valence-electron chi connectivity index (χ4n) is 1.53. The van der Waals surface area contributed by atoms with Crippen LogP contribution >= 0.6 is 0 Å². The van der Waals surface area contributed by atoms with Gasteiger partial charge in [-0.25, -0.2) is 0 Å². The number of ether oxygens (including phenoxy) is 1. The molecule has 0 aliphatic rings. The lowest BCUT2D eigenvalue weighted by Crippen LogP contribution is -2.08. The normalized spacial score (nSPS) is 10.4. The van der Waals surface area contributed by atoms with Crippen LogP contribution in [0.15, 0.2) is 18.2 Å². The topological polar surface area (TPSA) is 58.6 Å². The first-order valence-electron chi connectivity index (χ1n) is 5.68. The Morgan fingerprint density at radius 3 is 2.71 bits per heavy atom. The molecule has 0 unspecified atom stereocenters. The summed E-state index contributed by atoms with van der Waals surface area (Å²) in [6.45, 7) is 4.62. The summed E-state index contributed by atoms with van der Waals surface area (Å²) in [4.78, 5) is 10.4. The van der Waals surface area contributed by atoms with E-state index in [4.69, 9.17) is 9.84 Å². The minimum Gasteiger partial charge on any atom is -0.495 e. The van der Waals surface area contributed by atoms with Gasteiger partial charge in [0.15, 0.2) is 0 Å². The Morgan fingerprint density at radius 2 is 2.18 bits per heavy atom. The van der Waals surface area contributed by atoms with Crippen LogP contribution in [0.1, 0.15) is 31.7 Å². The number of methoxy groups -OCH3 is 1. The fraction of sp³-hybridized carbons (Fsp3) is 0.462. The summed E-state index contributed by atoms with van der Waals surface area (Å²) in [6.07, 6.45) is 0.0923. The molecule has 4 nitrogen and oxygen atoms in total. The van der Waals surface area contributed by atoms with Crippen LogP contribution in [-0.4, -0.2) is 24.7 Å². The van der Waals surface area contributed by atoms with Crippen LogP contribution in [0.2, 0.25) is 0 Å². The number of nitrogens with one attached hydrogen (secondary N) is 1. The lowest BCUT2D eigenvalue weighted by Gasteiger charge is -2.13. The molecule has 0 atom stereocenters. The Bertz CT molecular complexity index is 388. The molecule has 0 saturated heterocycles. The van der Waals surface area contributed by atoms with Crippen molar-refractivity contribution >= 4 is 11.7 Å². The fourth-order valence-corrected chi connectivity index (χ4v) is 1.53. The molecule has 0 bridgehead atoms. The van der Waals surface area contributed by atoms with Gasteiger partial charge in [-0.3, -0.25) is 4.79 Å². The maximum atomic E-state index is 10.4. The second-order valence-electron chi connectivity index (χ2n) is 4.18. The molecule has 17 heavy (non-hydrogen) atoms. The van der Waals surface area contributed by atoms with Gasteiger partial charge in [0.05, 0.1) is 19.2 Å². The minimum atomic E-state index is -0.809. The summed E-state index contributed by atoms with van der Waals surface area (Å²) in [6, 6.07) is 5.93. The van der Waals surface area contributed by atoms with Crippen molar-refractivity contribution in [3.8, 4) is 5.75 Å². The predicted molar refractivity (Wildman–Crippen MR) is 67.8 cm³/mol. The number of benzene rings is 1. The molecule has 0 saturated carbocycles. The molecule has 0 fully saturated rings. The molecular formula is C13H19NO3. The molecule has 0 spiro atoms. The highest BCUT2D eigenvalue weighted by molar-refractivity contribution is 5.68. The monoisotopic (exact) mass is 237 g/mol. The van der Waals surface area contributed by atoms with Crippen molar-refractivity contribution in [3.63, 3.8) is 0 Å². The van der Waals surface area contributed by atoms with Crippen molar-refractivity contribution < 1.29 is 14.6 Å². The smallest absolute Gasteiger partial charge is 0.305 e. The minimum absolute atomic E-state index is 0.0923. The zero-order chi connectivity index (χ0) is 12.8.